The second-order valence-electron chi connectivity index (χ2n) is 8.95. The maximum atomic E-state index is 15.4. The summed E-state index contributed by atoms with van der Waals surface area (Å²) >= 11 is 6.19. The first-order valence-electron chi connectivity index (χ1n) is 11.7. The predicted molar refractivity (Wildman–Crippen MR) is 138 cm³/mol. The van der Waals surface area contributed by atoms with E-state index in [4.69, 9.17) is 22.1 Å². The zero-order valence-electron chi connectivity index (χ0n) is 21.3. The van der Waals surface area contributed by atoms with E-state index in [-0.39, 0.29) is 34.3 Å². The summed E-state index contributed by atoms with van der Waals surface area (Å²) in [4.78, 5) is 29.1. The van der Waals surface area contributed by atoms with Crippen LogP contribution in [0.2, 0.25) is 5.02 Å². The van der Waals surface area contributed by atoms with Gasteiger partial charge in [0, 0.05) is 36.3 Å². The van der Waals surface area contributed by atoms with Crippen molar-refractivity contribution in [2.24, 2.45) is 4.99 Å². The summed E-state index contributed by atoms with van der Waals surface area (Å²) in [5.41, 5.74) is 5.77. The van der Waals surface area contributed by atoms with Crippen LogP contribution in [0.3, 0.4) is 0 Å². The molecule has 0 radical (unpaired) electrons. The van der Waals surface area contributed by atoms with E-state index in [1.54, 1.807) is 31.4 Å². The SMILES string of the molecule is CC(=NC(=O)c1c(F)c(Cl)cc(Cc2nc(C)c3c(N)nccn23)c1OC(C)C)c1ccnc(C(F)(F)F)c1. The lowest BCUT2D eigenvalue weighted by Gasteiger charge is -2.18. The molecule has 4 aromatic rings. The largest absolute Gasteiger partial charge is 0.490 e. The maximum Gasteiger partial charge on any atom is 0.433 e. The molecule has 0 aliphatic heterocycles. The number of benzene rings is 1. The number of halogens is 5. The van der Waals surface area contributed by atoms with Crippen LogP contribution >= 0.6 is 11.6 Å². The third-order valence-electron chi connectivity index (χ3n) is 5.73. The smallest absolute Gasteiger partial charge is 0.433 e. The summed E-state index contributed by atoms with van der Waals surface area (Å²) in [7, 11) is 0. The highest BCUT2D eigenvalue weighted by Gasteiger charge is 2.33. The highest BCUT2D eigenvalue weighted by molar-refractivity contribution is 6.31. The summed E-state index contributed by atoms with van der Waals surface area (Å²) in [5.74, 6) is -1.47. The number of nitrogen functional groups attached to an aromatic ring is 1. The molecule has 0 aliphatic rings. The van der Waals surface area contributed by atoms with Crippen molar-refractivity contribution in [3.63, 3.8) is 0 Å². The number of imidazole rings is 1. The van der Waals surface area contributed by atoms with Gasteiger partial charge in [0.1, 0.15) is 34.2 Å². The first-order chi connectivity index (χ1) is 18.3. The van der Waals surface area contributed by atoms with Gasteiger partial charge in [-0.1, -0.05) is 11.6 Å². The number of aliphatic imine (C=N–C) groups is 1. The first-order valence-corrected chi connectivity index (χ1v) is 12.0. The molecule has 1 aromatic carbocycles. The molecule has 2 N–H and O–H groups in total. The lowest BCUT2D eigenvalue weighted by molar-refractivity contribution is -0.141. The molecular formula is C26H23ClF4N6O2. The molecule has 3 heterocycles. The minimum Gasteiger partial charge on any atom is -0.490 e. The van der Waals surface area contributed by atoms with E-state index in [1.807, 2.05) is 0 Å². The number of aromatic nitrogens is 4. The summed E-state index contributed by atoms with van der Waals surface area (Å²) in [5, 5.41) is -0.362. The Morgan fingerprint density at radius 1 is 1.23 bits per heavy atom. The third kappa shape index (κ3) is 5.70. The van der Waals surface area contributed by atoms with Crippen LogP contribution in [0.5, 0.6) is 5.75 Å². The Morgan fingerprint density at radius 3 is 2.62 bits per heavy atom. The van der Waals surface area contributed by atoms with Crippen LogP contribution in [0.25, 0.3) is 5.52 Å². The van der Waals surface area contributed by atoms with Crippen molar-refractivity contribution in [1.29, 1.82) is 0 Å². The molecular weight excluding hydrogens is 540 g/mol. The highest BCUT2D eigenvalue weighted by Crippen LogP contribution is 2.35. The van der Waals surface area contributed by atoms with Crippen LogP contribution in [-0.4, -0.2) is 37.1 Å². The quantitative estimate of drug-likeness (QED) is 0.233. The Bertz CT molecular complexity index is 1610. The average Bonchev–Trinajstić information content (AvgIpc) is 3.17. The van der Waals surface area contributed by atoms with Crippen molar-refractivity contribution in [3.8, 4) is 5.75 Å². The Kier molecular flexibility index (Phi) is 7.60. The second-order valence-corrected chi connectivity index (χ2v) is 9.36. The van der Waals surface area contributed by atoms with E-state index in [2.05, 4.69) is 19.9 Å². The molecule has 0 saturated carbocycles. The number of ether oxygens (including phenoxy) is 1. The number of fused-ring (bicyclic) bond motifs is 1. The van der Waals surface area contributed by atoms with E-state index in [9.17, 15) is 18.0 Å². The number of rotatable bonds is 6. The number of amides is 1. The van der Waals surface area contributed by atoms with E-state index in [0.29, 0.717) is 22.6 Å². The van der Waals surface area contributed by atoms with E-state index >= 15 is 4.39 Å². The number of alkyl halides is 3. The van der Waals surface area contributed by atoms with Crippen molar-refractivity contribution in [3.05, 3.63) is 81.5 Å². The fraction of sp³-hybridized carbons (Fsp3) is 0.269. The molecule has 0 aliphatic carbocycles. The van der Waals surface area contributed by atoms with E-state index in [0.717, 1.165) is 12.3 Å². The molecule has 0 saturated heterocycles. The predicted octanol–water partition coefficient (Wildman–Crippen LogP) is 5.85. The molecule has 8 nitrogen and oxygen atoms in total. The molecule has 0 unspecified atom stereocenters. The van der Waals surface area contributed by atoms with E-state index < -0.39 is 35.3 Å². The molecule has 4 rings (SSSR count). The standard InChI is InChI=1S/C26H23ClF4N6O2/c1-12(2)39-23-16(11-19-35-14(4)22-24(32)34-7-8-37(19)22)9-17(27)21(28)20(23)25(38)36-13(3)15-5-6-33-18(10-15)26(29,30)31/h5-10,12H,11H2,1-4H3,(H2,32,34). The van der Waals surface area contributed by atoms with Gasteiger partial charge in [-0.25, -0.2) is 19.4 Å². The zero-order valence-corrected chi connectivity index (χ0v) is 22.0. The van der Waals surface area contributed by atoms with Gasteiger partial charge in [-0.05, 0) is 51.5 Å². The molecule has 13 heteroatoms. The average molecular weight is 563 g/mol. The lowest BCUT2D eigenvalue weighted by Crippen LogP contribution is -2.15. The summed E-state index contributed by atoms with van der Waals surface area (Å²) in [6, 6.07) is 3.35. The lowest BCUT2D eigenvalue weighted by atomic mass is 10.0. The molecule has 0 fully saturated rings. The Morgan fingerprint density at radius 2 is 1.95 bits per heavy atom. The van der Waals surface area contributed by atoms with Gasteiger partial charge >= 0.3 is 6.18 Å². The maximum absolute atomic E-state index is 15.4. The monoisotopic (exact) mass is 562 g/mol. The molecule has 204 valence electrons. The van der Waals surface area contributed by atoms with Gasteiger partial charge in [-0.3, -0.25) is 14.2 Å². The molecule has 0 bridgehead atoms. The zero-order chi connectivity index (χ0) is 28.6. The Balaban J connectivity index is 1.83. The normalized spacial score (nSPS) is 12.4. The summed E-state index contributed by atoms with van der Waals surface area (Å²) < 4.78 is 62.3. The number of carbonyl (C=O) groups excluding carboxylic acids is 1. The van der Waals surface area contributed by atoms with Gasteiger partial charge in [-0.2, -0.15) is 13.2 Å². The van der Waals surface area contributed by atoms with Gasteiger partial charge in [0.25, 0.3) is 5.91 Å². The van der Waals surface area contributed by atoms with Gasteiger partial charge in [0.2, 0.25) is 0 Å². The van der Waals surface area contributed by atoms with Crippen LogP contribution in [0.1, 0.15) is 59.5 Å². The molecule has 3 aromatic heterocycles. The number of aryl methyl sites for hydroxylation is 1. The van der Waals surface area contributed by atoms with Crippen LogP contribution in [0.15, 0.2) is 41.8 Å². The van der Waals surface area contributed by atoms with Gasteiger partial charge in [0.15, 0.2) is 5.82 Å². The van der Waals surface area contributed by atoms with Crippen LogP contribution in [-0.2, 0) is 12.6 Å². The Hall–Kier alpha value is -4.06. The topological polar surface area (TPSA) is 108 Å². The van der Waals surface area contributed by atoms with Crippen molar-refractivity contribution in [1.82, 2.24) is 19.4 Å². The highest BCUT2D eigenvalue weighted by atomic mass is 35.5. The van der Waals surface area contributed by atoms with Crippen LogP contribution < -0.4 is 10.5 Å². The number of carbonyl (C=O) groups is 1. The third-order valence-corrected chi connectivity index (χ3v) is 6.01. The number of nitrogens with two attached hydrogens (primary N) is 1. The summed E-state index contributed by atoms with van der Waals surface area (Å²) in [6.07, 6.45) is -0.976. The first kappa shape index (κ1) is 28.0. The van der Waals surface area contributed by atoms with Crippen molar-refractivity contribution >= 4 is 34.6 Å². The number of pyridine rings is 1. The number of nitrogens with zero attached hydrogens (tertiary/aromatic N) is 5. The fourth-order valence-electron chi connectivity index (χ4n) is 4.05. The van der Waals surface area contributed by atoms with Crippen molar-refractivity contribution in [2.45, 2.75) is 46.4 Å². The second kappa shape index (κ2) is 10.6. The number of hydrogen-bond acceptors (Lipinski definition) is 6. The molecule has 0 atom stereocenters. The molecule has 0 spiro atoms. The van der Waals surface area contributed by atoms with Crippen molar-refractivity contribution < 1.29 is 27.1 Å². The number of hydrogen-bond donors (Lipinski definition) is 1. The number of anilines is 1. The molecule has 39 heavy (non-hydrogen) atoms. The van der Waals surface area contributed by atoms with Crippen LogP contribution in [0.4, 0.5) is 23.4 Å². The fourth-order valence-corrected chi connectivity index (χ4v) is 4.27. The molecule has 1 amide bonds. The Labute approximate surface area is 225 Å². The minimum absolute atomic E-state index is 0.00908. The van der Waals surface area contributed by atoms with Crippen LogP contribution in [0, 0.1) is 12.7 Å². The van der Waals surface area contributed by atoms with Crippen molar-refractivity contribution in [2.75, 3.05) is 5.73 Å². The van der Waals surface area contributed by atoms with Gasteiger partial charge in [0.05, 0.1) is 16.8 Å². The van der Waals surface area contributed by atoms with Gasteiger partial charge in [-0.15, -0.1) is 0 Å². The minimum atomic E-state index is -4.69. The van der Waals surface area contributed by atoms with Gasteiger partial charge < -0.3 is 10.5 Å². The van der Waals surface area contributed by atoms with E-state index in [1.165, 1.54) is 25.3 Å². The summed E-state index contributed by atoms with van der Waals surface area (Å²) in [6.45, 7) is 6.47.